The number of nitriles is 1. The second kappa shape index (κ2) is 14.5. The minimum Gasteiger partial charge on any atom is -0.507 e. The van der Waals surface area contributed by atoms with Crippen molar-refractivity contribution in [3.63, 3.8) is 0 Å². The van der Waals surface area contributed by atoms with Crippen LogP contribution in [0.5, 0.6) is 17.2 Å². The molecule has 1 saturated heterocycles. The van der Waals surface area contributed by atoms with Gasteiger partial charge in [-0.3, -0.25) is 19.7 Å². The van der Waals surface area contributed by atoms with Crippen LogP contribution in [0.3, 0.4) is 0 Å². The molecular formula is C34H40N2O13. The maximum Gasteiger partial charge on any atom is 0.202 e. The molecule has 6 N–H and O–H groups in total. The van der Waals surface area contributed by atoms with E-state index in [2.05, 4.69) is 11.4 Å². The fourth-order valence-electron chi connectivity index (χ4n) is 7.06. The summed E-state index contributed by atoms with van der Waals surface area (Å²) in [4.78, 5) is 40.5. The zero-order valence-corrected chi connectivity index (χ0v) is 27.5. The second-order valence-electron chi connectivity index (χ2n) is 12.5. The van der Waals surface area contributed by atoms with Gasteiger partial charge in [0.1, 0.15) is 35.5 Å². The molecule has 264 valence electrons. The highest BCUT2D eigenvalue weighted by molar-refractivity contribution is 6.31. The number of carbonyl (C=O) groups excluding carboxylic acids is 3. The third-order valence-electron chi connectivity index (χ3n) is 9.53. The largest absolute Gasteiger partial charge is 0.507 e. The van der Waals surface area contributed by atoms with Crippen molar-refractivity contribution in [2.24, 2.45) is 5.92 Å². The van der Waals surface area contributed by atoms with Gasteiger partial charge in [-0.15, -0.1) is 0 Å². The summed E-state index contributed by atoms with van der Waals surface area (Å²) in [5.74, 6) is -4.37. The van der Waals surface area contributed by atoms with Crippen molar-refractivity contribution in [1.82, 2.24) is 5.32 Å². The Morgan fingerprint density at radius 3 is 2.39 bits per heavy atom. The van der Waals surface area contributed by atoms with Gasteiger partial charge in [0, 0.05) is 62.1 Å². The molecule has 2 aromatic carbocycles. The third-order valence-corrected chi connectivity index (χ3v) is 9.53. The molecule has 1 aliphatic heterocycles. The van der Waals surface area contributed by atoms with Crippen LogP contribution in [0.1, 0.15) is 68.8 Å². The Hall–Kier alpha value is -3.98. The molecule has 0 spiro atoms. The van der Waals surface area contributed by atoms with Crippen molar-refractivity contribution >= 4 is 17.3 Å². The molecule has 5 unspecified atom stereocenters. The van der Waals surface area contributed by atoms with Crippen LogP contribution in [0.25, 0.3) is 0 Å². The maximum absolute atomic E-state index is 13.9. The standard InChI is InChI=1S/C34H40N2O13/c1-15-29(39)19(36-20(11-35)16(13-45-2)14-46-3)8-24(48-15)49-22-10-34(44,23(38)12-37)9-18-26(22)33(43)28-27(31(18)41)30(40)17-6-5-7-21(47-4)25(17)32(28)42/h5-7,15-16,19-20,22,24,29,36-37,39,41,43-44H,8-10,12-14H2,1-4H3/t15?,19?,20?,22-,24?,29?,34-/m0/s1. The molecule has 0 aromatic heterocycles. The highest BCUT2D eigenvalue weighted by Crippen LogP contribution is 2.52. The lowest BCUT2D eigenvalue weighted by Crippen LogP contribution is -2.58. The Kier molecular flexibility index (Phi) is 10.7. The number of fused-ring (bicyclic) bond motifs is 3. The van der Waals surface area contributed by atoms with Gasteiger partial charge in [0.15, 0.2) is 17.9 Å². The summed E-state index contributed by atoms with van der Waals surface area (Å²) in [6, 6.07) is 4.92. The Bertz CT molecular complexity index is 1670. The number of aliphatic hydroxyl groups is 3. The number of benzene rings is 2. The van der Waals surface area contributed by atoms with Crippen LogP contribution in [-0.2, 0) is 30.2 Å². The molecule has 1 heterocycles. The molecule has 2 aliphatic carbocycles. The number of methoxy groups -OCH3 is 3. The van der Waals surface area contributed by atoms with E-state index in [1.165, 1.54) is 39.5 Å². The van der Waals surface area contributed by atoms with Crippen LogP contribution in [0.4, 0.5) is 0 Å². The normalized spacial score (nSPS) is 26.8. The summed E-state index contributed by atoms with van der Waals surface area (Å²) in [5.41, 5.74) is -3.91. The monoisotopic (exact) mass is 684 g/mol. The number of carbonyl (C=O) groups is 3. The summed E-state index contributed by atoms with van der Waals surface area (Å²) in [7, 11) is 4.29. The number of hydrogen-bond donors (Lipinski definition) is 6. The molecule has 15 heteroatoms. The zero-order chi connectivity index (χ0) is 35.8. The average molecular weight is 685 g/mol. The first-order valence-corrected chi connectivity index (χ1v) is 15.7. The van der Waals surface area contributed by atoms with Crippen molar-refractivity contribution in [3.8, 4) is 23.3 Å². The third kappa shape index (κ3) is 6.42. The summed E-state index contributed by atoms with van der Waals surface area (Å²) in [6.07, 6.45) is -5.78. The fraction of sp³-hybridized carbons (Fsp3) is 0.529. The molecule has 15 nitrogen and oxygen atoms in total. The van der Waals surface area contributed by atoms with Gasteiger partial charge < -0.3 is 49.2 Å². The molecule has 0 saturated carbocycles. The van der Waals surface area contributed by atoms with Crippen LogP contribution in [0, 0.1) is 17.2 Å². The van der Waals surface area contributed by atoms with Crippen LogP contribution in [0.15, 0.2) is 18.2 Å². The predicted molar refractivity (Wildman–Crippen MR) is 167 cm³/mol. The van der Waals surface area contributed by atoms with Crippen LogP contribution < -0.4 is 10.1 Å². The van der Waals surface area contributed by atoms with Crippen LogP contribution in [-0.4, -0.2) is 120 Å². The summed E-state index contributed by atoms with van der Waals surface area (Å²) >= 11 is 0. The van der Waals surface area contributed by atoms with Gasteiger partial charge in [-0.05, 0) is 13.0 Å². The lowest BCUT2D eigenvalue weighted by molar-refractivity contribution is -0.250. The quantitative estimate of drug-likeness (QED) is 0.142. The van der Waals surface area contributed by atoms with Crippen molar-refractivity contribution < 1.29 is 63.6 Å². The number of phenols is 2. The van der Waals surface area contributed by atoms with E-state index < -0.39 is 108 Å². The summed E-state index contributed by atoms with van der Waals surface area (Å²) < 4.78 is 28.0. The molecule has 49 heavy (non-hydrogen) atoms. The second-order valence-corrected chi connectivity index (χ2v) is 12.5. The molecule has 2 aromatic rings. The number of phenolic OH excluding ortho intramolecular Hbond substituents is 2. The highest BCUT2D eigenvalue weighted by atomic mass is 16.7. The molecule has 0 radical (unpaired) electrons. The van der Waals surface area contributed by atoms with E-state index in [4.69, 9.17) is 23.7 Å². The van der Waals surface area contributed by atoms with E-state index in [-0.39, 0.29) is 47.6 Å². The molecule has 0 amide bonds. The maximum atomic E-state index is 13.9. The number of Topliss-reactive ketones (excluding diaryl/α,β-unsaturated/α-hetero) is 1. The molecule has 1 fully saturated rings. The number of hydrogen-bond acceptors (Lipinski definition) is 15. The topological polar surface area (TPSA) is 234 Å². The van der Waals surface area contributed by atoms with Gasteiger partial charge in [0.2, 0.25) is 5.78 Å². The SMILES string of the molecule is COCC(COC)C(C#N)NC1CC(O[C@H]2C[C@](O)(C(=O)CO)Cc3c(O)c4c(c(O)c32)C(=O)c2c(OC)cccc2C4=O)OC(C)C1O. The Labute approximate surface area is 281 Å². The average Bonchev–Trinajstić information content (AvgIpc) is 3.08. The Morgan fingerprint density at radius 1 is 1.10 bits per heavy atom. The number of nitrogens with zero attached hydrogens (tertiary/aromatic N) is 1. The van der Waals surface area contributed by atoms with E-state index in [1.807, 2.05) is 0 Å². The number of ketones is 3. The minimum atomic E-state index is -2.32. The first kappa shape index (κ1) is 36.3. The van der Waals surface area contributed by atoms with Gasteiger partial charge in [0.05, 0.1) is 61.4 Å². The zero-order valence-electron chi connectivity index (χ0n) is 27.5. The molecule has 5 rings (SSSR count). The molecular weight excluding hydrogens is 644 g/mol. The lowest BCUT2D eigenvalue weighted by Gasteiger charge is -2.43. The first-order valence-electron chi connectivity index (χ1n) is 15.7. The fourth-order valence-corrected chi connectivity index (χ4v) is 7.06. The van der Waals surface area contributed by atoms with Gasteiger partial charge in [0.25, 0.3) is 0 Å². The van der Waals surface area contributed by atoms with E-state index in [1.54, 1.807) is 6.92 Å². The predicted octanol–water partition coefficient (Wildman–Crippen LogP) is 0.433. The molecule has 3 aliphatic rings. The van der Waals surface area contributed by atoms with E-state index >= 15 is 0 Å². The van der Waals surface area contributed by atoms with Crippen molar-refractivity contribution in [3.05, 3.63) is 51.6 Å². The Balaban J connectivity index is 1.56. The van der Waals surface area contributed by atoms with E-state index in [9.17, 15) is 45.2 Å². The lowest BCUT2D eigenvalue weighted by atomic mass is 9.72. The van der Waals surface area contributed by atoms with Crippen LogP contribution in [0.2, 0.25) is 0 Å². The van der Waals surface area contributed by atoms with Gasteiger partial charge in [-0.1, -0.05) is 12.1 Å². The molecule has 0 bridgehead atoms. The number of rotatable bonds is 12. The van der Waals surface area contributed by atoms with E-state index in [0.29, 0.717) is 0 Å². The number of aliphatic hydroxyl groups excluding tert-OH is 2. The number of ether oxygens (including phenoxy) is 5. The Morgan fingerprint density at radius 2 is 1.78 bits per heavy atom. The molecule has 7 atom stereocenters. The number of aromatic hydroxyl groups is 2. The van der Waals surface area contributed by atoms with Crippen LogP contribution >= 0.6 is 0 Å². The van der Waals surface area contributed by atoms with Gasteiger partial charge in [-0.25, -0.2) is 0 Å². The first-order chi connectivity index (χ1) is 23.3. The van der Waals surface area contributed by atoms with Gasteiger partial charge in [-0.2, -0.15) is 5.26 Å². The summed E-state index contributed by atoms with van der Waals surface area (Å²) in [6.45, 7) is 0.895. The van der Waals surface area contributed by atoms with Gasteiger partial charge >= 0.3 is 0 Å². The smallest absolute Gasteiger partial charge is 0.202 e. The van der Waals surface area contributed by atoms with E-state index in [0.717, 1.165) is 0 Å². The number of nitrogens with one attached hydrogen (secondary N) is 1. The van der Waals surface area contributed by atoms with Crippen molar-refractivity contribution in [2.75, 3.05) is 41.2 Å². The highest BCUT2D eigenvalue weighted by Gasteiger charge is 2.50. The minimum absolute atomic E-state index is 0.0613. The summed E-state index contributed by atoms with van der Waals surface area (Å²) in [5, 5.41) is 68.6. The van der Waals surface area contributed by atoms with Crippen molar-refractivity contribution in [2.45, 2.75) is 68.5 Å². The van der Waals surface area contributed by atoms with Crippen molar-refractivity contribution in [1.29, 1.82) is 5.26 Å².